The number of hydrogen-bond acceptors (Lipinski definition) is 1. The highest BCUT2D eigenvalue weighted by Gasteiger charge is 2.30. The van der Waals surface area contributed by atoms with Crippen molar-refractivity contribution in [2.24, 2.45) is 11.8 Å². The Kier molecular flexibility index (Phi) is 4.90. The Morgan fingerprint density at radius 3 is 2.55 bits per heavy atom. The molecule has 2 rings (SSSR count). The maximum atomic E-state index is 10.9. The minimum Gasteiger partial charge on any atom is -0.388 e. The summed E-state index contributed by atoms with van der Waals surface area (Å²) in [6.45, 7) is 8.97. The van der Waals surface area contributed by atoms with Crippen molar-refractivity contribution >= 4 is 0 Å². The summed E-state index contributed by atoms with van der Waals surface area (Å²) in [5.41, 5.74) is 2.55. The van der Waals surface area contributed by atoms with Crippen LogP contribution in [-0.2, 0) is 5.41 Å². The van der Waals surface area contributed by atoms with E-state index in [0.29, 0.717) is 5.92 Å². The highest BCUT2D eigenvalue weighted by Crippen LogP contribution is 2.41. The Bertz CT molecular complexity index is 430. The summed E-state index contributed by atoms with van der Waals surface area (Å²) in [4.78, 5) is 0. The minimum atomic E-state index is -0.292. The molecule has 1 aliphatic rings. The van der Waals surface area contributed by atoms with Gasteiger partial charge in [0.2, 0.25) is 0 Å². The molecule has 1 heteroatoms. The van der Waals surface area contributed by atoms with Gasteiger partial charge < -0.3 is 5.11 Å². The number of aliphatic hydroxyl groups is 1. The van der Waals surface area contributed by atoms with Gasteiger partial charge in [-0.05, 0) is 41.2 Å². The zero-order chi connectivity index (χ0) is 14.8. The summed E-state index contributed by atoms with van der Waals surface area (Å²) in [6, 6.07) is 8.46. The first-order valence-corrected chi connectivity index (χ1v) is 8.21. The lowest BCUT2D eigenvalue weighted by atomic mass is 9.73. The highest BCUT2D eigenvalue weighted by atomic mass is 16.3. The highest BCUT2D eigenvalue weighted by molar-refractivity contribution is 5.34. The third kappa shape index (κ3) is 3.44. The van der Waals surface area contributed by atoms with Crippen LogP contribution in [0.3, 0.4) is 0 Å². The average Bonchev–Trinajstić information content (AvgIpc) is 2.45. The van der Waals surface area contributed by atoms with E-state index in [0.717, 1.165) is 11.5 Å². The summed E-state index contributed by atoms with van der Waals surface area (Å²) in [5, 5.41) is 10.9. The van der Waals surface area contributed by atoms with Crippen molar-refractivity contribution in [3.63, 3.8) is 0 Å². The molecular weight excluding hydrogens is 244 g/mol. The van der Waals surface area contributed by atoms with E-state index < -0.39 is 0 Å². The summed E-state index contributed by atoms with van der Waals surface area (Å²) in [5.74, 6) is 1.25. The van der Waals surface area contributed by atoms with Crippen molar-refractivity contribution in [2.75, 3.05) is 0 Å². The van der Waals surface area contributed by atoms with Crippen molar-refractivity contribution in [1.82, 2.24) is 0 Å². The van der Waals surface area contributed by atoms with Crippen LogP contribution >= 0.6 is 0 Å². The molecule has 1 aromatic rings. The Balaban J connectivity index is 2.23. The van der Waals surface area contributed by atoms with E-state index in [-0.39, 0.29) is 11.5 Å². The first-order valence-electron chi connectivity index (χ1n) is 8.21. The zero-order valence-electron chi connectivity index (χ0n) is 13.5. The standard InChI is InChI=1S/C19H30O/c1-5-14-9-8-10-15(13-14)18(20)16-11-6-7-12-17(16)19(2,3)4/h6-7,11-12,14-15,18,20H,5,8-10,13H2,1-4H3. The molecule has 1 nitrogen and oxygen atoms in total. The van der Waals surface area contributed by atoms with Gasteiger partial charge in [0.1, 0.15) is 0 Å². The van der Waals surface area contributed by atoms with Crippen molar-refractivity contribution in [2.45, 2.75) is 71.3 Å². The third-order valence-electron chi connectivity index (χ3n) is 4.93. The lowest BCUT2D eigenvalue weighted by Gasteiger charge is -2.34. The molecule has 3 atom stereocenters. The maximum absolute atomic E-state index is 10.9. The molecule has 0 heterocycles. The van der Waals surface area contributed by atoms with E-state index >= 15 is 0 Å². The quantitative estimate of drug-likeness (QED) is 0.799. The Morgan fingerprint density at radius 2 is 1.90 bits per heavy atom. The Hall–Kier alpha value is -0.820. The minimum absolute atomic E-state index is 0.0936. The summed E-state index contributed by atoms with van der Waals surface area (Å²) in [6.07, 6.45) is 5.95. The van der Waals surface area contributed by atoms with Crippen LogP contribution in [0, 0.1) is 11.8 Å². The second kappa shape index (κ2) is 6.30. The SMILES string of the molecule is CCC1CCCC(C(O)c2ccccc2C(C)(C)C)C1. The lowest BCUT2D eigenvalue weighted by molar-refractivity contribution is 0.0664. The third-order valence-corrected chi connectivity index (χ3v) is 4.93. The molecule has 112 valence electrons. The monoisotopic (exact) mass is 274 g/mol. The van der Waals surface area contributed by atoms with E-state index in [2.05, 4.69) is 52.0 Å². The molecule has 1 aliphatic carbocycles. The normalized spacial score (nSPS) is 25.4. The van der Waals surface area contributed by atoms with Crippen molar-refractivity contribution in [1.29, 1.82) is 0 Å². The first kappa shape index (κ1) is 15.6. The molecule has 1 N–H and O–H groups in total. The number of aliphatic hydroxyl groups excluding tert-OH is 1. The van der Waals surface area contributed by atoms with Crippen LogP contribution in [-0.4, -0.2) is 5.11 Å². The fraction of sp³-hybridized carbons (Fsp3) is 0.684. The van der Waals surface area contributed by atoms with Gasteiger partial charge in [-0.25, -0.2) is 0 Å². The van der Waals surface area contributed by atoms with Crippen LogP contribution in [0.2, 0.25) is 0 Å². The molecule has 0 spiro atoms. The fourth-order valence-corrected chi connectivity index (χ4v) is 3.68. The second-order valence-corrected chi connectivity index (χ2v) is 7.48. The van der Waals surface area contributed by atoms with E-state index in [1.54, 1.807) is 0 Å². The van der Waals surface area contributed by atoms with Gasteiger partial charge in [-0.15, -0.1) is 0 Å². The van der Waals surface area contributed by atoms with Crippen LogP contribution in [0.15, 0.2) is 24.3 Å². The largest absolute Gasteiger partial charge is 0.388 e. The van der Waals surface area contributed by atoms with Crippen LogP contribution < -0.4 is 0 Å². The molecule has 0 radical (unpaired) electrons. The van der Waals surface area contributed by atoms with Gasteiger partial charge in [0.15, 0.2) is 0 Å². The molecule has 1 saturated carbocycles. The molecular formula is C19H30O. The molecule has 3 unspecified atom stereocenters. The molecule has 0 amide bonds. The van der Waals surface area contributed by atoms with Crippen LogP contribution in [0.4, 0.5) is 0 Å². The Labute approximate surface area is 124 Å². The summed E-state index contributed by atoms with van der Waals surface area (Å²) >= 11 is 0. The van der Waals surface area contributed by atoms with Gasteiger partial charge in [0.05, 0.1) is 6.10 Å². The molecule has 1 fully saturated rings. The van der Waals surface area contributed by atoms with Gasteiger partial charge >= 0.3 is 0 Å². The second-order valence-electron chi connectivity index (χ2n) is 7.48. The maximum Gasteiger partial charge on any atom is 0.0821 e. The van der Waals surface area contributed by atoms with Gasteiger partial charge in [-0.3, -0.25) is 0 Å². The first-order chi connectivity index (χ1) is 9.43. The van der Waals surface area contributed by atoms with Crippen LogP contribution in [0.5, 0.6) is 0 Å². The van der Waals surface area contributed by atoms with Gasteiger partial charge in [-0.1, -0.05) is 71.2 Å². The average molecular weight is 274 g/mol. The topological polar surface area (TPSA) is 20.2 Å². The molecule has 0 aromatic heterocycles. The number of rotatable bonds is 3. The van der Waals surface area contributed by atoms with Crippen LogP contribution in [0.1, 0.15) is 77.0 Å². The smallest absolute Gasteiger partial charge is 0.0821 e. The van der Waals surface area contributed by atoms with E-state index in [4.69, 9.17) is 0 Å². The van der Waals surface area contributed by atoms with Crippen molar-refractivity contribution < 1.29 is 5.11 Å². The van der Waals surface area contributed by atoms with Crippen molar-refractivity contribution in [3.05, 3.63) is 35.4 Å². The Morgan fingerprint density at radius 1 is 1.20 bits per heavy atom. The predicted molar refractivity (Wildman–Crippen MR) is 85.8 cm³/mol. The van der Waals surface area contributed by atoms with Gasteiger partial charge in [0.25, 0.3) is 0 Å². The molecule has 20 heavy (non-hydrogen) atoms. The fourth-order valence-electron chi connectivity index (χ4n) is 3.68. The van der Waals surface area contributed by atoms with Crippen molar-refractivity contribution in [3.8, 4) is 0 Å². The summed E-state index contributed by atoms with van der Waals surface area (Å²) in [7, 11) is 0. The van der Waals surface area contributed by atoms with Gasteiger partial charge in [0, 0.05) is 0 Å². The predicted octanol–water partition coefficient (Wildman–Crippen LogP) is 5.23. The number of hydrogen-bond donors (Lipinski definition) is 1. The molecule has 1 aromatic carbocycles. The van der Waals surface area contributed by atoms with E-state index in [1.165, 1.54) is 37.7 Å². The van der Waals surface area contributed by atoms with Crippen LogP contribution in [0.25, 0.3) is 0 Å². The van der Waals surface area contributed by atoms with E-state index in [9.17, 15) is 5.11 Å². The zero-order valence-corrected chi connectivity index (χ0v) is 13.5. The number of benzene rings is 1. The lowest BCUT2D eigenvalue weighted by Crippen LogP contribution is -2.24. The summed E-state index contributed by atoms with van der Waals surface area (Å²) < 4.78 is 0. The molecule has 0 saturated heterocycles. The molecule has 0 bridgehead atoms. The van der Waals surface area contributed by atoms with Gasteiger partial charge in [-0.2, -0.15) is 0 Å². The molecule has 0 aliphatic heterocycles. The van der Waals surface area contributed by atoms with E-state index in [1.807, 2.05) is 0 Å².